The van der Waals surface area contributed by atoms with Crippen LogP contribution in [0.2, 0.25) is 0 Å². The molecule has 2 nitrogen and oxygen atoms in total. The van der Waals surface area contributed by atoms with Crippen molar-refractivity contribution in [1.29, 1.82) is 0 Å². The molecule has 5 rings (SSSR count). The van der Waals surface area contributed by atoms with Gasteiger partial charge in [0.25, 0.3) is 0 Å². The standard InChI is InChI=1S/C27H30N2/c1-5-28-18(3)26(22-12-7-9-16-24(22)28)20-14-11-15-21(20)27-19(4)29(6-2)25-17-10-8-13-23(25)27/h7-10,12-13,16-17H,5-6,11,14-15H2,1-4H3. The van der Waals surface area contributed by atoms with Gasteiger partial charge in [-0.3, -0.25) is 0 Å². The van der Waals surface area contributed by atoms with Crippen LogP contribution < -0.4 is 0 Å². The van der Waals surface area contributed by atoms with Gasteiger partial charge in [-0.1, -0.05) is 36.4 Å². The van der Waals surface area contributed by atoms with E-state index in [1.165, 1.54) is 63.6 Å². The summed E-state index contributed by atoms with van der Waals surface area (Å²) in [5.41, 5.74) is 11.7. The Bertz CT molecular complexity index is 1160. The molecule has 29 heavy (non-hydrogen) atoms. The summed E-state index contributed by atoms with van der Waals surface area (Å²) in [7, 11) is 0. The fourth-order valence-corrected chi connectivity index (χ4v) is 5.73. The smallest absolute Gasteiger partial charge is 0.0488 e. The molecule has 2 heterocycles. The molecule has 2 aromatic carbocycles. The first-order chi connectivity index (χ1) is 14.2. The number of allylic oxidation sites excluding steroid dienone is 2. The predicted molar refractivity (Wildman–Crippen MR) is 125 cm³/mol. The van der Waals surface area contributed by atoms with Crippen molar-refractivity contribution >= 4 is 33.0 Å². The predicted octanol–water partition coefficient (Wildman–Crippen LogP) is 7.35. The number of rotatable bonds is 4. The van der Waals surface area contributed by atoms with Crippen LogP contribution in [0.3, 0.4) is 0 Å². The third-order valence-electron chi connectivity index (χ3n) is 6.92. The number of aromatic nitrogens is 2. The number of hydrogen-bond acceptors (Lipinski definition) is 0. The summed E-state index contributed by atoms with van der Waals surface area (Å²) in [6.07, 6.45) is 3.61. The van der Waals surface area contributed by atoms with Crippen LogP contribution in [0.4, 0.5) is 0 Å². The van der Waals surface area contributed by atoms with Crippen LogP contribution in [-0.4, -0.2) is 9.13 Å². The zero-order chi connectivity index (χ0) is 20.1. The minimum Gasteiger partial charge on any atom is -0.345 e. The lowest BCUT2D eigenvalue weighted by atomic mass is 9.93. The Labute approximate surface area is 173 Å². The van der Waals surface area contributed by atoms with E-state index in [1.807, 2.05) is 0 Å². The molecule has 2 heteroatoms. The van der Waals surface area contributed by atoms with Gasteiger partial charge in [-0.2, -0.15) is 0 Å². The van der Waals surface area contributed by atoms with Crippen molar-refractivity contribution in [1.82, 2.24) is 9.13 Å². The van der Waals surface area contributed by atoms with Crippen molar-refractivity contribution < 1.29 is 0 Å². The maximum Gasteiger partial charge on any atom is 0.0488 e. The molecule has 0 spiro atoms. The third-order valence-corrected chi connectivity index (χ3v) is 6.92. The highest BCUT2D eigenvalue weighted by atomic mass is 15.0. The van der Waals surface area contributed by atoms with E-state index >= 15 is 0 Å². The highest BCUT2D eigenvalue weighted by Gasteiger charge is 2.26. The van der Waals surface area contributed by atoms with Crippen molar-refractivity contribution in [2.75, 3.05) is 0 Å². The maximum absolute atomic E-state index is 2.48. The summed E-state index contributed by atoms with van der Waals surface area (Å²) in [5.74, 6) is 0. The summed E-state index contributed by atoms with van der Waals surface area (Å²) in [4.78, 5) is 0. The first-order valence-electron chi connectivity index (χ1n) is 11.1. The molecule has 0 aliphatic heterocycles. The van der Waals surface area contributed by atoms with Crippen LogP contribution in [0.1, 0.15) is 55.6 Å². The van der Waals surface area contributed by atoms with E-state index < -0.39 is 0 Å². The number of nitrogens with zero attached hydrogens (tertiary/aromatic N) is 2. The van der Waals surface area contributed by atoms with Gasteiger partial charge in [-0.15, -0.1) is 0 Å². The van der Waals surface area contributed by atoms with E-state index in [2.05, 4.69) is 85.4 Å². The minimum atomic E-state index is 1.02. The molecule has 0 N–H and O–H groups in total. The van der Waals surface area contributed by atoms with Crippen molar-refractivity contribution in [2.24, 2.45) is 0 Å². The molecule has 0 bridgehead atoms. The second kappa shape index (κ2) is 6.95. The fraction of sp³-hybridized carbons (Fsp3) is 0.333. The lowest BCUT2D eigenvalue weighted by Crippen LogP contribution is -1.98. The largest absolute Gasteiger partial charge is 0.345 e. The Hall–Kier alpha value is -2.74. The number of benzene rings is 2. The van der Waals surface area contributed by atoms with Crippen molar-refractivity contribution in [3.05, 3.63) is 71.0 Å². The van der Waals surface area contributed by atoms with Crippen LogP contribution in [0.25, 0.3) is 33.0 Å². The lowest BCUT2D eigenvalue weighted by molar-refractivity contribution is 0.767. The summed E-state index contributed by atoms with van der Waals surface area (Å²) in [6.45, 7) is 11.2. The van der Waals surface area contributed by atoms with E-state index in [1.54, 1.807) is 11.1 Å². The van der Waals surface area contributed by atoms with Gasteiger partial charge in [-0.05, 0) is 70.2 Å². The van der Waals surface area contributed by atoms with Gasteiger partial charge in [0.1, 0.15) is 0 Å². The van der Waals surface area contributed by atoms with E-state index in [4.69, 9.17) is 0 Å². The molecule has 0 saturated carbocycles. The molecule has 0 saturated heterocycles. The SMILES string of the molecule is CCn1c(C)c(C2=C(c3c(C)n(CC)c4ccccc34)CCC2)c2ccccc21. The van der Waals surface area contributed by atoms with Crippen molar-refractivity contribution in [2.45, 2.75) is 60.0 Å². The molecular weight excluding hydrogens is 352 g/mol. The van der Waals surface area contributed by atoms with Gasteiger partial charge in [0.05, 0.1) is 0 Å². The average Bonchev–Trinajstić information content (AvgIpc) is 3.38. The minimum absolute atomic E-state index is 1.02. The monoisotopic (exact) mass is 382 g/mol. The number of aryl methyl sites for hydroxylation is 2. The molecular formula is C27H30N2. The van der Waals surface area contributed by atoms with E-state index in [-0.39, 0.29) is 0 Å². The maximum atomic E-state index is 2.48. The van der Waals surface area contributed by atoms with E-state index in [9.17, 15) is 0 Å². The number of para-hydroxylation sites is 2. The highest BCUT2D eigenvalue weighted by Crippen LogP contribution is 2.47. The lowest BCUT2D eigenvalue weighted by Gasteiger charge is -2.11. The molecule has 1 aliphatic rings. The van der Waals surface area contributed by atoms with Crippen molar-refractivity contribution in [3.63, 3.8) is 0 Å². The Morgan fingerprint density at radius 3 is 1.48 bits per heavy atom. The molecule has 0 atom stereocenters. The Balaban J connectivity index is 1.85. The first-order valence-corrected chi connectivity index (χ1v) is 11.1. The van der Waals surface area contributed by atoms with Crippen LogP contribution in [-0.2, 0) is 13.1 Å². The van der Waals surface area contributed by atoms with Gasteiger partial charge in [0.2, 0.25) is 0 Å². The molecule has 0 unspecified atom stereocenters. The first kappa shape index (κ1) is 18.3. The Morgan fingerprint density at radius 2 is 1.07 bits per heavy atom. The second-order valence-corrected chi connectivity index (χ2v) is 8.25. The van der Waals surface area contributed by atoms with Gasteiger partial charge in [-0.25, -0.2) is 0 Å². The van der Waals surface area contributed by atoms with Gasteiger partial charge in [0, 0.05) is 57.4 Å². The molecule has 1 aliphatic carbocycles. The van der Waals surface area contributed by atoms with E-state index in [0.29, 0.717) is 0 Å². The normalized spacial score (nSPS) is 14.6. The number of hydrogen-bond donors (Lipinski definition) is 0. The van der Waals surface area contributed by atoms with Crippen LogP contribution >= 0.6 is 0 Å². The topological polar surface area (TPSA) is 9.86 Å². The summed E-state index contributed by atoms with van der Waals surface area (Å²) < 4.78 is 4.96. The zero-order valence-electron chi connectivity index (χ0n) is 18.0. The summed E-state index contributed by atoms with van der Waals surface area (Å²) in [5, 5.41) is 2.83. The van der Waals surface area contributed by atoms with Gasteiger partial charge < -0.3 is 9.13 Å². The fourth-order valence-electron chi connectivity index (χ4n) is 5.73. The average molecular weight is 383 g/mol. The molecule has 2 aromatic heterocycles. The van der Waals surface area contributed by atoms with Crippen molar-refractivity contribution in [3.8, 4) is 0 Å². The second-order valence-electron chi connectivity index (χ2n) is 8.25. The van der Waals surface area contributed by atoms with Gasteiger partial charge in [0.15, 0.2) is 0 Å². The van der Waals surface area contributed by atoms with Crippen LogP contribution in [0, 0.1) is 13.8 Å². The van der Waals surface area contributed by atoms with E-state index in [0.717, 1.165) is 13.1 Å². The summed E-state index contributed by atoms with van der Waals surface area (Å²) in [6, 6.07) is 17.9. The molecule has 0 amide bonds. The number of fused-ring (bicyclic) bond motifs is 2. The summed E-state index contributed by atoms with van der Waals surface area (Å²) >= 11 is 0. The molecule has 4 aromatic rings. The molecule has 0 radical (unpaired) electrons. The Morgan fingerprint density at radius 1 is 0.655 bits per heavy atom. The zero-order valence-corrected chi connectivity index (χ0v) is 18.0. The quantitative estimate of drug-likeness (QED) is 0.349. The molecule has 0 fully saturated rings. The molecule has 148 valence electrons. The van der Waals surface area contributed by atoms with Crippen LogP contribution in [0.15, 0.2) is 48.5 Å². The van der Waals surface area contributed by atoms with Crippen LogP contribution in [0.5, 0.6) is 0 Å². The Kier molecular flexibility index (Phi) is 4.38. The third kappa shape index (κ3) is 2.55. The highest BCUT2D eigenvalue weighted by molar-refractivity contribution is 6.08. The van der Waals surface area contributed by atoms with Gasteiger partial charge >= 0.3 is 0 Å².